The maximum absolute atomic E-state index is 12.9. The molecule has 3 N–H and O–H groups in total. The maximum Gasteiger partial charge on any atom is 0.226 e. The Kier molecular flexibility index (Phi) is 7.87. The molecule has 1 amide bonds. The number of carbonyl (C=O) groups is 1. The molecule has 37 heavy (non-hydrogen) atoms. The first-order valence-electron chi connectivity index (χ1n) is 13.7. The van der Waals surface area contributed by atoms with Gasteiger partial charge in [-0.1, -0.05) is 26.7 Å². The highest BCUT2D eigenvalue weighted by atomic mass is 79.9. The van der Waals surface area contributed by atoms with Crippen LogP contribution in [0, 0.1) is 30.1 Å². The van der Waals surface area contributed by atoms with E-state index < -0.39 is 5.60 Å². The van der Waals surface area contributed by atoms with Crippen LogP contribution in [0.15, 0.2) is 21.2 Å². The van der Waals surface area contributed by atoms with Gasteiger partial charge in [0.25, 0.3) is 0 Å². The van der Waals surface area contributed by atoms with E-state index in [-0.39, 0.29) is 17.1 Å². The number of amides is 1. The molecule has 0 saturated heterocycles. The summed E-state index contributed by atoms with van der Waals surface area (Å²) in [5.41, 5.74) is 1.76. The highest BCUT2D eigenvalue weighted by Gasteiger charge is 2.64. The summed E-state index contributed by atoms with van der Waals surface area (Å²) in [5.74, 6) is 1.88. The second-order valence-electron chi connectivity index (χ2n) is 11.8. The Morgan fingerprint density at radius 1 is 1.32 bits per heavy atom. The van der Waals surface area contributed by atoms with E-state index >= 15 is 0 Å². The van der Waals surface area contributed by atoms with Gasteiger partial charge in [0.2, 0.25) is 5.91 Å². The number of nitrogens with one attached hydrogen (secondary N) is 1. The number of aromatic hydroxyl groups is 1. The van der Waals surface area contributed by atoms with Gasteiger partial charge >= 0.3 is 0 Å². The Bertz CT molecular complexity index is 1190. The average Bonchev–Trinajstić information content (AvgIpc) is 3.37. The van der Waals surface area contributed by atoms with E-state index in [9.17, 15) is 15.0 Å². The molecular formula is C29H38Br2N2O3S. The third-order valence-corrected chi connectivity index (χ3v) is 12.2. The van der Waals surface area contributed by atoms with E-state index in [4.69, 9.17) is 0 Å². The number of carbonyl (C=O) groups excluding carboxylic acids is 1. The fourth-order valence-corrected chi connectivity index (χ4v) is 10.2. The first-order valence-corrected chi connectivity index (χ1v) is 16.1. The molecule has 5 rings (SSSR count). The lowest BCUT2D eigenvalue weighted by Crippen LogP contribution is -2.51. The molecule has 1 heterocycles. The summed E-state index contributed by atoms with van der Waals surface area (Å²) < 4.78 is 1.56. The van der Waals surface area contributed by atoms with Crippen LogP contribution in [0.4, 0.5) is 5.13 Å². The van der Waals surface area contributed by atoms with Gasteiger partial charge in [0.05, 0.1) is 14.5 Å². The Morgan fingerprint density at radius 2 is 2.11 bits per heavy atom. The van der Waals surface area contributed by atoms with Crippen LogP contribution < -0.4 is 5.32 Å². The predicted molar refractivity (Wildman–Crippen MR) is 156 cm³/mol. The number of halogens is 2. The smallest absolute Gasteiger partial charge is 0.226 e. The highest BCUT2D eigenvalue weighted by molar-refractivity contribution is 9.11. The second-order valence-corrected chi connectivity index (χ2v) is 14.7. The maximum atomic E-state index is 12.9. The number of benzene rings is 1. The lowest BCUT2D eigenvalue weighted by molar-refractivity contribution is -0.116. The number of hydrogen-bond acceptors (Lipinski definition) is 5. The van der Waals surface area contributed by atoms with Crippen LogP contribution in [0.3, 0.4) is 0 Å². The van der Waals surface area contributed by atoms with E-state index in [2.05, 4.69) is 62.1 Å². The number of nitrogens with zero attached hydrogens (tertiary/aromatic N) is 1. The normalized spacial score (nSPS) is 32.5. The molecule has 1 aromatic heterocycles. The van der Waals surface area contributed by atoms with Gasteiger partial charge in [0.1, 0.15) is 5.75 Å². The molecule has 2 aromatic rings. The summed E-state index contributed by atoms with van der Waals surface area (Å²) in [6.45, 7) is 6.53. The van der Waals surface area contributed by atoms with Crippen LogP contribution in [-0.4, -0.2) is 26.7 Å². The number of aryl methyl sites for hydroxylation is 1. The van der Waals surface area contributed by atoms with Gasteiger partial charge < -0.3 is 15.5 Å². The van der Waals surface area contributed by atoms with Gasteiger partial charge in [-0.2, -0.15) is 0 Å². The summed E-state index contributed by atoms with van der Waals surface area (Å²) in [7, 11) is 0. The molecule has 1 aromatic carbocycles. The molecule has 3 aliphatic carbocycles. The number of rotatable bonds is 7. The van der Waals surface area contributed by atoms with Gasteiger partial charge in [-0.3, -0.25) is 4.79 Å². The molecule has 3 aliphatic rings. The first-order chi connectivity index (χ1) is 17.6. The molecular weight excluding hydrogens is 616 g/mol. The minimum atomic E-state index is -0.678. The van der Waals surface area contributed by atoms with Crippen molar-refractivity contribution >= 4 is 54.2 Å². The molecule has 2 saturated carbocycles. The monoisotopic (exact) mass is 652 g/mol. The molecule has 0 radical (unpaired) electrons. The summed E-state index contributed by atoms with van der Waals surface area (Å²) >= 11 is 8.73. The van der Waals surface area contributed by atoms with Crippen LogP contribution in [0.25, 0.3) is 0 Å². The number of aliphatic hydroxyl groups is 1. The third-order valence-electron chi connectivity index (χ3n) is 9.87. The van der Waals surface area contributed by atoms with Crippen molar-refractivity contribution in [3.63, 3.8) is 0 Å². The van der Waals surface area contributed by atoms with Gasteiger partial charge in [0, 0.05) is 17.5 Å². The number of phenolic OH excluding ortho intramolecular Hbond substituents is 1. The quantitative estimate of drug-likeness (QED) is 0.282. The zero-order valence-electron chi connectivity index (χ0n) is 21.9. The molecule has 8 heteroatoms. The van der Waals surface area contributed by atoms with E-state index in [1.54, 1.807) is 6.20 Å². The Hall–Kier alpha value is -0.960. The van der Waals surface area contributed by atoms with Crippen LogP contribution in [0.1, 0.15) is 93.6 Å². The molecule has 6 atom stereocenters. The van der Waals surface area contributed by atoms with Gasteiger partial charge in [0.15, 0.2) is 5.13 Å². The van der Waals surface area contributed by atoms with Crippen molar-refractivity contribution in [2.45, 2.75) is 96.5 Å². The molecule has 5 nitrogen and oxygen atoms in total. The highest BCUT2D eigenvalue weighted by Crippen LogP contribution is 2.68. The molecule has 0 aliphatic heterocycles. The van der Waals surface area contributed by atoms with Crippen LogP contribution in [0.5, 0.6) is 5.75 Å². The van der Waals surface area contributed by atoms with Crippen LogP contribution in [0.2, 0.25) is 0 Å². The van der Waals surface area contributed by atoms with Gasteiger partial charge in [-0.05, 0) is 130 Å². The number of anilines is 1. The van der Waals surface area contributed by atoms with Gasteiger partial charge in [-0.15, -0.1) is 11.3 Å². The van der Waals surface area contributed by atoms with Crippen molar-refractivity contribution in [2.24, 2.45) is 23.2 Å². The van der Waals surface area contributed by atoms with Crippen molar-refractivity contribution < 1.29 is 15.0 Å². The van der Waals surface area contributed by atoms with E-state index in [0.717, 1.165) is 71.6 Å². The second kappa shape index (κ2) is 10.5. The largest absolute Gasteiger partial charge is 0.506 e. The van der Waals surface area contributed by atoms with E-state index in [1.165, 1.54) is 22.5 Å². The fourth-order valence-electron chi connectivity index (χ4n) is 8.14. The first kappa shape index (κ1) is 27.6. The van der Waals surface area contributed by atoms with Crippen molar-refractivity contribution in [1.29, 1.82) is 0 Å². The molecule has 0 bridgehead atoms. The number of unbranched alkanes of at least 4 members (excludes halogenated alkanes) is 1. The van der Waals surface area contributed by atoms with Crippen LogP contribution in [-0.2, 0) is 11.2 Å². The van der Waals surface area contributed by atoms with Crippen molar-refractivity contribution in [2.75, 3.05) is 5.32 Å². The van der Waals surface area contributed by atoms with E-state index in [0.29, 0.717) is 35.2 Å². The number of hydrogen-bond donors (Lipinski definition) is 3. The molecule has 0 spiro atoms. The molecule has 3 unspecified atom stereocenters. The van der Waals surface area contributed by atoms with Gasteiger partial charge in [-0.25, -0.2) is 4.98 Å². The summed E-state index contributed by atoms with van der Waals surface area (Å²) in [4.78, 5) is 18.2. The average molecular weight is 655 g/mol. The van der Waals surface area contributed by atoms with Crippen LogP contribution >= 0.6 is 43.2 Å². The standard InChI is InChI=1S/C29H38Br2N2O3S/c1-4-5-11-29(36)14-17(6-9-23(34)33-27-32-15-16(2)37-27)24-19-7-8-20-21(13-22(30)26(35)25(20)31)18(19)10-12-28(24,29)3/h13,15,17-19,24,35-36H,4-12,14H2,1-3H3,(H,32,33,34)/t17-,18?,19?,24?,28+,29+/m1/s1. The van der Waals surface area contributed by atoms with Crippen molar-refractivity contribution in [1.82, 2.24) is 4.98 Å². The minimum Gasteiger partial charge on any atom is -0.506 e. The van der Waals surface area contributed by atoms with Crippen molar-refractivity contribution in [3.05, 3.63) is 37.2 Å². The Morgan fingerprint density at radius 3 is 2.81 bits per heavy atom. The Labute approximate surface area is 241 Å². The SMILES string of the molecule is CCCC[C@]1(O)C[C@@H](CCC(=O)Nc2ncc(C)s2)C2C3CCc4c(cc(Br)c(O)c4Br)C3CC[C@@]21C. The number of fused-ring (bicyclic) bond motifs is 5. The minimum absolute atomic E-state index is 0.0183. The van der Waals surface area contributed by atoms with Crippen molar-refractivity contribution in [3.8, 4) is 5.75 Å². The molecule has 202 valence electrons. The lowest BCUT2D eigenvalue weighted by atomic mass is 9.51. The lowest BCUT2D eigenvalue weighted by Gasteiger charge is -2.54. The summed E-state index contributed by atoms with van der Waals surface area (Å²) in [6.07, 6.45) is 10.8. The third kappa shape index (κ3) is 4.82. The Balaban J connectivity index is 1.42. The number of thiazole rings is 1. The number of aromatic nitrogens is 1. The summed E-state index contributed by atoms with van der Waals surface area (Å²) in [6, 6.07) is 2.13. The fraction of sp³-hybridized carbons (Fsp3) is 0.655. The van der Waals surface area contributed by atoms with E-state index in [1.807, 2.05) is 6.92 Å². The predicted octanol–water partition coefficient (Wildman–Crippen LogP) is 8.10. The zero-order valence-corrected chi connectivity index (χ0v) is 25.9. The number of phenols is 1. The molecule has 2 fully saturated rings. The topological polar surface area (TPSA) is 82.5 Å². The summed E-state index contributed by atoms with van der Waals surface area (Å²) in [5, 5.41) is 26.4. The zero-order chi connectivity index (χ0) is 26.5.